The number of nitrogens with zero attached hydrogens (tertiary/aromatic N) is 2. The number of hydrogen-bond donors (Lipinski definition) is 2. The van der Waals surface area contributed by atoms with Gasteiger partial charge in [0.2, 0.25) is 0 Å². The lowest BCUT2D eigenvalue weighted by Crippen LogP contribution is -2.43. The van der Waals surface area contributed by atoms with Crippen LogP contribution in [0.25, 0.3) is 0 Å². The molecule has 0 amide bonds. The van der Waals surface area contributed by atoms with E-state index in [1.807, 2.05) is 6.07 Å². The molecular formula is C16H9N3O3. The number of aliphatic hydroxyl groups is 1. The molecule has 0 spiro atoms. The molecule has 6 heteroatoms. The molecule has 1 aromatic carbocycles. The van der Waals surface area contributed by atoms with Gasteiger partial charge in [0.05, 0.1) is 23.3 Å². The van der Waals surface area contributed by atoms with Crippen molar-refractivity contribution in [1.82, 2.24) is 0 Å². The molecule has 3 N–H and O–H groups in total. The number of fused-ring (bicyclic) bond motifs is 1. The third-order valence-electron chi connectivity index (χ3n) is 3.91. The van der Waals surface area contributed by atoms with Crippen molar-refractivity contribution in [2.24, 2.45) is 11.7 Å². The van der Waals surface area contributed by atoms with E-state index < -0.39 is 29.3 Å². The number of carbonyl (C=O) groups is 2. The Morgan fingerprint density at radius 1 is 1.09 bits per heavy atom. The number of allylic oxidation sites excluding steroid dienone is 1. The van der Waals surface area contributed by atoms with Crippen molar-refractivity contribution in [1.29, 1.82) is 10.5 Å². The van der Waals surface area contributed by atoms with Crippen molar-refractivity contribution in [3.05, 3.63) is 57.9 Å². The van der Waals surface area contributed by atoms with Crippen LogP contribution in [0, 0.1) is 28.6 Å². The number of ketones is 2. The number of rotatable bonds is 0. The van der Waals surface area contributed by atoms with E-state index in [4.69, 9.17) is 11.0 Å². The number of hydrogen-bond acceptors (Lipinski definition) is 6. The molecule has 2 aliphatic carbocycles. The molecule has 2 atom stereocenters. The average Bonchev–Trinajstić information content (AvgIpc) is 2.53. The molecule has 106 valence electrons. The third kappa shape index (κ3) is 1.56. The zero-order valence-electron chi connectivity index (χ0n) is 11.2. The number of benzene rings is 1. The van der Waals surface area contributed by atoms with Crippen LogP contribution in [0.5, 0.6) is 0 Å². The summed E-state index contributed by atoms with van der Waals surface area (Å²) in [5.74, 6) is -2.85. The Morgan fingerprint density at radius 2 is 1.68 bits per heavy atom. The Bertz CT molecular complexity index is 881. The van der Waals surface area contributed by atoms with Crippen LogP contribution in [0.4, 0.5) is 0 Å². The van der Waals surface area contributed by atoms with Gasteiger partial charge in [-0.15, -0.1) is 0 Å². The second-order valence-electron chi connectivity index (χ2n) is 5.00. The maximum absolute atomic E-state index is 12.6. The SMILES string of the molecule is N#CC1=C(O)C2=C(C(=O)c3ccccc3C2=O)C(N)C1C#N. The van der Waals surface area contributed by atoms with E-state index in [0.717, 1.165) is 0 Å². The molecule has 0 saturated heterocycles. The van der Waals surface area contributed by atoms with Crippen LogP contribution in [0.3, 0.4) is 0 Å². The van der Waals surface area contributed by atoms with Crippen molar-refractivity contribution in [2.45, 2.75) is 6.04 Å². The molecule has 0 heterocycles. The van der Waals surface area contributed by atoms with E-state index in [0.29, 0.717) is 0 Å². The second kappa shape index (κ2) is 4.66. The maximum atomic E-state index is 12.6. The predicted molar refractivity (Wildman–Crippen MR) is 74.5 cm³/mol. The highest BCUT2D eigenvalue weighted by Crippen LogP contribution is 2.39. The summed E-state index contributed by atoms with van der Waals surface area (Å²) >= 11 is 0. The summed E-state index contributed by atoms with van der Waals surface area (Å²) < 4.78 is 0. The number of nitrogens with two attached hydrogens (primary N) is 1. The smallest absolute Gasteiger partial charge is 0.198 e. The fourth-order valence-electron chi connectivity index (χ4n) is 2.84. The van der Waals surface area contributed by atoms with E-state index in [-0.39, 0.29) is 27.8 Å². The highest BCUT2D eigenvalue weighted by molar-refractivity contribution is 6.29. The number of aliphatic hydroxyl groups excluding tert-OH is 1. The fraction of sp³-hybridized carbons (Fsp3) is 0.125. The quantitative estimate of drug-likeness (QED) is 0.738. The normalized spacial score (nSPS) is 23.6. The monoisotopic (exact) mass is 291 g/mol. The lowest BCUT2D eigenvalue weighted by atomic mass is 9.72. The Kier molecular flexibility index (Phi) is 2.91. The molecule has 2 unspecified atom stereocenters. The van der Waals surface area contributed by atoms with Crippen LogP contribution >= 0.6 is 0 Å². The molecule has 0 radical (unpaired) electrons. The van der Waals surface area contributed by atoms with Gasteiger partial charge in [-0.1, -0.05) is 24.3 Å². The van der Waals surface area contributed by atoms with Crippen LogP contribution < -0.4 is 5.73 Å². The third-order valence-corrected chi connectivity index (χ3v) is 3.91. The van der Waals surface area contributed by atoms with Gasteiger partial charge in [-0.3, -0.25) is 9.59 Å². The summed E-state index contributed by atoms with van der Waals surface area (Å²) in [5.41, 5.74) is 5.62. The van der Waals surface area contributed by atoms with Gasteiger partial charge in [0.1, 0.15) is 17.7 Å². The number of Topliss-reactive ketones (excluding diaryl/α,β-unsaturated/α-hetero) is 2. The lowest BCUT2D eigenvalue weighted by molar-refractivity contribution is 0.0962. The molecule has 0 aromatic heterocycles. The minimum Gasteiger partial charge on any atom is -0.506 e. The summed E-state index contributed by atoms with van der Waals surface area (Å²) in [6.45, 7) is 0. The van der Waals surface area contributed by atoms with Crippen molar-refractivity contribution < 1.29 is 14.7 Å². The van der Waals surface area contributed by atoms with E-state index in [1.54, 1.807) is 18.2 Å². The maximum Gasteiger partial charge on any atom is 0.198 e. The molecule has 22 heavy (non-hydrogen) atoms. The van der Waals surface area contributed by atoms with E-state index >= 15 is 0 Å². The minimum absolute atomic E-state index is 0.105. The number of nitriles is 2. The molecule has 3 rings (SSSR count). The van der Waals surface area contributed by atoms with Gasteiger partial charge in [0.25, 0.3) is 0 Å². The first-order valence-electron chi connectivity index (χ1n) is 6.44. The minimum atomic E-state index is -1.16. The van der Waals surface area contributed by atoms with Crippen molar-refractivity contribution in [3.63, 3.8) is 0 Å². The van der Waals surface area contributed by atoms with Gasteiger partial charge in [0.15, 0.2) is 11.6 Å². The Balaban J connectivity index is 2.34. The van der Waals surface area contributed by atoms with Crippen molar-refractivity contribution in [2.75, 3.05) is 0 Å². The van der Waals surface area contributed by atoms with Gasteiger partial charge < -0.3 is 10.8 Å². The van der Waals surface area contributed by atoms with E-state index in [9.17, 15) is 20.0 Å². The van der Waals surface area contributed by atoms with Gasteiger partial charge in [-0.25, -0.2) is 0 Å². The lowest BCUT2D eigenvalue weighted by Gasteiger charge is -2.30. The molecule has 0 fully saturated rings. The summed E-state index contributed by atoms with van der Waals surface area (Å²) in [7, 11) is 0. The van der Waals surface area contributed by atoms with Gasteiger partial charge in [-0.05, 0) is 0 Å². The van der Waals surface area contributed by atoms with Crippen LogP contribution in [0.1, 0.15) is 20.7 Å². The van der Waals surface area contributed by atoms with Gasteiger partial charge in [-0.2, -0.15) is 10.5 Å². The van der Waals surface area contributed by atoms with Gasteiger partial charge in [0, 0.05) is 16.7 Å². The summed E-state index contributed by atoms with van der Waals surface area (Å²) in [6.07, 6.45) is 0. The van der Waals surface area contributed by atoms with Gasteiger partial charge >= 0.3 is 0 Å². The summed E-state index contributed by atoms with van der Waals surface area (Å²) in [4.78, 5) is 25.1. The Labute approximate surface area is 125 Å². The van der Waals surface area contributed by atoms with E-state index in [1.165, 1.54) is 12.1 Å². The topological polar surface area (TPSA) is 128 Å². The van der Waals surface area contributed by atoms with Crippen LogP contribution in [0.2, 0.25) is 0 Å². The first kappa shape index (κ1) is 13.7. The summed E-state index contributed by atoms with van der Waals surface area (Å²) in [5, 5.41) is 28.5. The van der Waals surface area contributed by atoms with Crippen LogP contribution in [-0.4, -0.2) is 22.7 Å². The highest BCUT2D eigenvalue weighted by atomic mass is 16.3. The van der Waals surface area contributed by atoms with E-state index in [2.05, 4.69) is 0 Å². The molecule has 0 saturated carbocycles. The number of carbonyl (C=O) groups excluding carboxylic acids is 2. The molecule has 0 aliphatic heterocycles. The van der Waals surface area contributed by atoms with Crippen molar-refractivity contribution >= 4 is 11.6 Å². The fourth-order valence-corrected chi connectivity index (χ4v) is 2.84. The standard InChI is InChI=1S/C16H9N3O3/c17-5-9-10(6-18)16(22)12-11(13(9)19)14(20)7-3-1-2-4-8(7)15(12)21/h1-4,9,13,22H,19H2. The first-order chi connectivity index (χ1) is 10.5. The Morgan fingerprint density at radius 3 is 2.23 bits per heavy atom. The largest absolute Gasteiger partial charge is 0.506 e. The molecule has 2 aliphatic rings. The predicted octanol–water partition coefficient (Wildman–Crippen LogP) is 1.18. The average molecular weight is 291 g/mol. The first-order valence-corrected chi connectivity index (χ1v) is 6.44. The zero-order chi connectivity index (χ0) is 16.0. The Hall–Kier alpha value is -3.22. The highest BCUT2D eigenvalue weighted by Gasteiger charge is 2.45. The van der Waals surface area contributed by atoms with Crippen LogP contribution in [0.15, 0.2) is 46.7 Å². The molecule has 6 nitrogen and oxygen atoms in total. The van der Waals surface area contributed by atoms with Crippen LogP contribution in [-0.2, 0) is 0 Å². The molecule has 1 aromatic rings. The molecular weight excluding hydrogens is 282 g/mol. The van der Waals surface area contributed by atoms with Crippen molar-refractivity contribution in [3.8, 4) is 12.1 Å². The summed E-state index contributed by atoms with van der Waals surface area (Å²) in [6, 6.07) is 8.57. The molecule has 0 bridgehead atoms. The zero-order valence-corrected chi connectivity index (χ0v) is 11.2. The second-order valence-corrected chi connectivity index (χ2v) is 5.00.